The van der Waals surface area contributed by atoms with Crippen LogP contribution in [0.15, 0.2) is 53.4 Å². The molecular weight excluding hydrogens is 332 g/mol. The molecule has 0 aliphatic rings. The van der Waals surface area contributed by atoms with Gasteiger partial charge in [0.25, 0.3) is 0 Å². The van der Waals surface area contributed by atoms with E-state index in [2.05, 4.69) is 33.6 Å². The van der Waals surface area contributed by atoms with Crippen molar-refractivity contribution in [1.82, 2.24) is 9.62 Å². The zero-order valence-corrected chi connectivity index (χ0v) is 15.7. The maximum absolute atomic E-state index is 12.3. The Morgan fingerprint density at radius 2 is 1.76 bits per heavy atom. The van der Waals surface area contributed by atoms with E-state index < -0.39 is 10.0 Å². The van der Waals surface area contributed by atoms with Crippen LogP contribution in [0, 0.1) is 25.7 Å². The molecule has 0 bridgehead atoms. The summed E-state index contributed by atoms with van der Waals surface area (Å²) < 4.78 is 27.2. The average molecular weight is 356 g/mol. The van der Waals surface area contributed by atoms with Crippen molar-refractivity contribution < 1.29 is 8.42 Å². The third-order valence-electron chi connectivity index (χ3n) is 3.74. The Kier molecular flexibility index (Phi) is 6.77. The lowest BCUT2D eigenvalue weighted by molar-refractivity contribution is 0.369. The molecule has 0 spiro atoms. The maximum Gasteiger partial charge on any atom is 0.241 e. The number of aryl methyl sites for hydroxylation is 2. The van der Waals surface area contributed by atoms with E-state index in [1.54, 1.807) is 19.1 Å². The highest BCUT2D eigenvalue weighted by Crippen LogP contribution is 2.15. The Morgan fingerprint density at radius 1 is 1.04 bits per heavy atom. The number of hydrogen-bond donors (Lipinski definition) is 1. The fourth-order valence-corrected chi connectivity index (χ4v) is 3.66. The summed E-state index contributed by atoms with van der Waals surface area (Å²) in [7, 11) is -1.54. The lowest BCUT2D eigenvalue weighted by Crippen LogP contribution is -2.25. The van der Waals surface area contributed by atoms with Gasteiger partial charge in [-0.25, -0.2) is 8.42 Å². The summed E-state index contributed by atoms with van der Waals surface area (Å²) in [5, 5.41) is 0. The highest BCUT2D eigenvalue weighted by atomic mass is 32.2. The Labute approximate surface area is 150 Å². The second-order valence-electron chi connectivity index (χ2n) is 6.10. The molecule has 4 nitrogen and oxygen atoms in total. The standard InChI is InChI=1S/C20H24N2O2S/c1-17-11-12-20(18(2)15-17)25(23,24)21-13-7-8-14-22(3)16-19-9-5-4-6-10-19/h4-6,9-12,15,21H,13-14,16H2,1-3H3. The van der Waals surface area contributed by atoms with E-state index >= 15 is 0 Å². The third kappa shape index (κ3) is 6.02. The van der Waals surface area contributed by atoms with Gasteiger partial charge in [-0.05, 0) is 38.1 Å². The molecule has 2 rings (SSSR count). The highest BCUT2D eigenvalue weighted by molar-refractivity contribution is 7.89. The number of hydrogen-bond acceptors (Lipinski definition) is 3. The molecule has 5 heteroatoms. The van der Waals surface area contributed by atoms with Crippen molar-refractivity contribution in [1.29, 1.82) is 0 Å². The van der Waals surface area contributed by atoms with Crippen molar-refractivity contribution in [3.8, 4) is 11.8 Å². The minimum Gasteiger partial charge on any atom is -0.291 e. The number of benzene rings is 2. The van der Waals surface area contributed by atoms with E-state index in [9.17, 15) is 8.42 Å². The van der Waals surface area contributed by atoms with Crippen molar-refractivity contribution in [3.05, 3.63) is 65.2 Å². The SMILES string of the molecule is Cc1ccc(S(=O)(=O)NCC#CCN(C)Cc2ccccc2)c(C)c1. The molecule has 0 radical (unpaired) electrons. The lowest BCUT2D eigenvalue weighted by atomic mass is 10.2. The molecule has 0 saturated carbocycles. The number of nitrogens with one attached hydrogen (secondary N) is 1. The Morgan fingerprint density at radius 3 is 2.44 bits per heavy atom. The van der Waals surface area contributed by atoms with E-state index in [-0.39, 0.29) is 6.54 Å². The quantitative estimate of drug-likeness (QED) is 0.810. The first-order valence-electron chi connectivity index (χ1n) is 8.13. The molecule has 0 aliphatic heterocycles. The van der Waals surface area contributed by atoms with Crippen LogP contribution in [0.2, 0.25) is 0 Å². The highest BCUT2D eigenvalue weighted by Gasteiger charge is 2.15. The van der Waals surface area contributed by atoms with Crippen LogP contribution in [-0.2, 0) is 16.6 Å². The van der Waals surface area contributed by atoms with Crippen LogP contribution in [-0.4, -0.2) is 33.5 Å². The molecule has 0 fully saturated rings. The molecule has 0 atom stereocenters. The first-order valence-corrected chi connectivity index (χ1v) is 9.62. The minimum absolute atomic E-state index is 0.106. The normalized spacial score (nSPS) is 11.2. The summed E-state index contributed by atoms with van der Waals surface area (Å²) in [6.07, 6.45) is 0. The number of nitrogens with zero attached hydrogens (tertiary/aromatic N) is 1. The Balaban J connectivity index is 1.85. The molecule has 0 aliphatic carbocycles. The fourth-order valence-electron chi connectivity index (χ4n) is 2.51. The van der Waals surface area contributed by atoms with Crippen LogP contribution in [0.3, 0.4) is 0 Å². The van der Waals surface area contributed by atoms with Crippen LogP contribution >= 0.6 is 0 Å². The molecule has 0 heterocycles. The van der Waals surface area contributed by atoms with Crippen LogP contribution in [0.25, 0.3) is 0 Å². The summed E-state index contributed by atoms with van der Waals surface area (Å²) >= 11 is 0. The van der Waals surface area contributed by atoms with Crippen LogP contribution in [0.4, 0.5) is 0 Å². The van der Waals surface area contributed by atoms with E-state index in [0.717, 1.165) is 17.7 Å². The molecular formula is C20H24N2O2S. The first kappa shape index (κ1) is 19.2. The average Bonchev–Trinajstić information content (AvgIpc) is 2.55. The van der Waals surface area contributed by atoms with Crippen molar-refractivity contribution in [2.24, 2.45) is 0 Å². The Hall–Kier alpha value is -2.13. The van der Waals surface area contributed by atoms with Gasteiger partial charge in [0, 0.05) is 6.54 Å². The number of rotatable bonds is 6. The van der Waals surface area contributed by atoms with Crippen molar-refractivity contribution >= 4 is 10.0 Å². The molecule has 132 valence electrons. The van der Waals surface area contributed by atoms with Gasteiger partial charge in [0.1, 0.15) is 0 Å². The van der Waals surface area contributed by atoms with E-state index in [1.807, 2.05) is 38.2 Å². The molecule has 0 unspecified atom stereocenters. The molecule has 2 aromatic carbocycles. The van der Waals surface area contributed by atoms with Gasteiger partial charge in [-0.3, -0.25) is 4.90 Å². The summed E-state index contributed by atoms with van der Waals surface area (Å²) in [5.74, 6) is 5.88. The van der Waals surface area contributed by atoms with Crippen LogP contribution < -0.4 is 4.72 Å². The summed E-state index contributed by atoms with van der Waals surface area (Å²) in [4.78, 5) is 2.39. The molecule has 0 amide bonds. The van der Waals surface area contributed by atoms with Crippen molar-refractivity contribution in [2.45, 2.75) is 25.3 Å². The topological polar surface area (TPSA) is 49.4 Å². The predicted octanol–water partition coefficient (Wildman–Crippen LogP) is 2.72. The second kappa shape index (κ2) is 8.82. The zero-order chi connectivity index (χ0) is 18.3. The van der Waals surface area contributed by atoms with Crippen molar-refractivity contribution in [2.75, 3.05) is 20.1 Å². The largest absolute Gasteiger partial charge is 0.291 e. The van der Waals surface area contributed by atoms with Gasteiger partial charge < -0.3 is 0 Å². The first-order chi connectivity index (χ1) is 11.9. The van der Waals surface area contributed by atoms with Gasteiger partial charge in [0.2, 0.25) is 10.0 Å². The van der Waals surface area contributed by atoms with Crippen LogP contribution in [0.5, 0.6) is 0 Å². The van der Waals surface area contributed by atoms with Gasteiger partial charge in [-0.1, -0.05) is 59.9 Å². The van der Waals surface area contributed by atoms with Crippen molar-refractivity contribution in [3.63, 3.8) is 0 Å². The summed E-state index contributed by atoms with van der Waals surface area (Å²) in [6.45, 7) is 5.23. The van der Waals surface area contributed by atoms with Gasteiger partial charge in [0.05, 0.1) is 18.0 Å². The van der Waals surface area contributed by atoms with E-state index in [1.165, 1.54) is 5.56 Å². The molecule has 2 aromatic rings. The minimum atomic E-state index is -3.52. The predicted molar refractivity (Wildman–Crippen MR) is 102 cm³/mol. The molecule has 0 aromatic heterocycles. The summed E-state index contributed by atoms with van der Waals surface area (Å²) in [5.41, 5.74) is 3.00. The van der Waals surface area contributed by atoms with E-state index in [4.69, 9.17) is 0 Å². The third-order valence-corrected chi connectivity index (χ3v) is 5.30. The lowest BCUT2D eigenvalue weighted by Gasteiger charge is -2.12. The second-order valence-corrected chi connectivity index (χ2v) is 7.84. The van der Waals surface area contributed by atoms with Gasteiger partial charge >= 0.3 is 0 Å². The summed E-state index contributed by atoms with van der Waals surface area (Å²) in [6, 6.07) is 15.4. The molecule has 1 N–H and O–H groups in total. The van der Waals surface area contributed by atoms with Gasteiger partial charge in [-0.15, -0.1) is 0 Å². The monoisotopic (exact) mass is 356 g/mol. The fraction of sp³-hybridized carbons (Fsp3) is 0.300. The Bertz CT molecular complexity index is 866. The smallest absolute Gasteiger partial charge is 0.241 e. The van der Waals surface area contributed by atoms with Crippen LogP contribution in [0.1, 0.15) is 16.7 Å². The van der Waals surface area contributed by atoms with Gasteiger partial charge in [-0.2, -0.15) is 4.72 Å². The van der Waals surface area contributed by atoms with Gasteiger partial charge in [0.15, 0.2) is 0 Å². The maximum atomic E-state index is 12.3. The molecule has 25 heavy (non-hydrogen) atoms. The van der Waals surface area contributed by atoms with E-state index in [0.29, 0.717) is 11.4 Å². The molecule has 0 saturated heterocycles. The number of sulfonamides is 1. The zero-order valence-electron chi connectivity index (χ0n) is 14.9.